The molecule has 9 nitrogen and oxygen atoms in total. The van der Waals surface area contributed by atoms with Crippen LogP contribution in [0.25, 0.3) is 0 Å². The highest BCUT2D eigenvalue weighted by Crippen LogP contribution is 1.95. The lowest BCUT2D eigenvalue weighted by molar-refractivity contribution is -0.145. The van der Waals surface area contributed by atoms with Crippen LogP contribution in [0.1, 0.15) is 6.42 Å². The van der Waals surface area contributed by atoms with Crippen molar-refractivity contribution in [2.75, 3.05) is 20.7 Å². The van der Waals surface area contributed by atoms with Gasteiger partial charge in [0.15, 0.2) is 0 Å². The van der Waals surface area contributed by atoms with E-state index in [1.807, 2.05) is 5.32 Å². The van der Waals surface area contributed by atoms with Gasteiger partial charge in [0.2, 0.25) is 0 Å². The van der Waals surface area contributed by atoms with Crippen molar-refractivity contribution in [2.24, 2.45) is 0 Å². The first-order chi connectivity index (χ1) is 8.27. The molecule has 0 aliphatic rings. The van der Waals surface area contributed by atoms with E-state index in [0.717, 1.165) is 12.0 Å². The number of urea groups is 1. The molecule has 0 fully saturated rings. The van der Waals surface area contributed by atoms with Crippen molar-refractivity contribution >= 4 is 23.9 Å². The molecule has 18 heavy (non-hydrogen) atoms. The van der Waals surface area contributed by atoms with E-state index in [0.29, 0.717) is 0 Å². The van der Waals surface area contributed by atoms with Gasteiger partial charge in [-0.05, 0) is 0 Å². The molecule has 0 rings (SSSR count). The first-order valence-corrected chi connectivity index (χ1v) is 4.81. The molecule has 0 bridgehead atoms. The van der Waals surface area contributed by atoms with Gasteiger partial charge in [0.25, 0.3) is 0 Å². The van der Waals surface area contributed by atoms with Crippen molar-refractivity contribution in [2.45, 2.75) is 12.5 Å². The number of nitrogens with zero attached hydrogens (tertiary/aromatic N) is 1. The van der Waals surface area contributed by atoms with E-state index in [4.69, 9.17) is 10.2 Å². The fraction of sp³-hybridized carbons (Fsp3) is 0.556. The summed E-state index contributed by atoms with van der Waals surface area (Å²) in [6.07, 6.45) is -0.757. The van der Waals surface area contributed by atoms with Crippen molar-refractivity contribution in [3.05, 3.63) is 0 Å². The van der Waals surface area contributed by atoms with E-state index >= 15 is 0 Å². The zero-order valence-corrected chi connectivity index (χ0v) is 9.87. The Morgan fingerprint density at radius 1 is 1.28 bits per heavy atom. The molecule has 102 valence electrons. The maximum Gasteiger partial charge on any atom is 0.326 e. The normalized spacial score (nSPS) is 11.2. The van der Waals surface area contributed by atoms with Crippen molar-refractivity contribution in [3.63, 3.8) is 0 Å². The second-order valence-electron chi connectivity index (χ2n) is 3.37. The third-order valence-electron chi connectivity index (χ3n) is 1.92. The SMILES string of the molecule is COC(=O)CN(C)C(=O)N[C@H](CC(=O)O)C(=O)O. The summed E-state index contributed by atoms with van der Waals surface area (Å²) < 4.78 is 4.32. The zero-order valence-electron chi connectivity index (χ0n) is 9.87. The van der Waals surface area contributed by atoms with Gasteiger partial charge in [-0.2, -0.15) is 0 Å². The van der Waals surface area contributed by atoms with Crippen LogP contribution in [-0.4, -0.2) is 65.8 Å². The van der Waals surface area contributed by atoms with Gasteiger partial charge in [-0.1, -0.05) is 0 Å². The van der Waals surface area contributed by atoms with Crippen molar-refractivity contribution in [1.29, 1.82) is 0 Å². The predicted molar refractivity (Wildman–Crippen MR) is 56.9 cm³/mol. The van der Waals surface area contributed by atoms with E-state index < -0.39 is 36.4 Å². The molecule has 0 aromatic rings. The molecule has 0 saturated carbocycles. The largest absolute Gasteiger partial charge is 0.481 e. The van der Waals surface area contributed by atoms with Crippen molar-refractivity contribution in [1.82, 2.24) is 10.2 Å². The Morgan fingerprint density at radius 2 is 1.83 bits per heavy atom. The summed E-state index contributed by atoms with van der Waals surface area (Å²) in [6, 6.07) is -2.44. The lowest BCUT2D eigenvalue weighted by Crippen LogP contribution is -2.48. The first-order valence-electron chi connectivity index (χ1n) is 4.81. The minimum atomic E-state index is -1.56. The molecule has 0 radical (unpaired) electrons. The number of hydrogen-bond acceptors (Lipinski definition) is 5. The summed E-state index contributed by atoms with van der Waals surface area (Å²) in [4.78, 5) is 44.3. The summed E-state index contributed by atoms with van der Waals surface area (Å²) in [7, 11) is 2.38. The maximum absolute atomic E-state index is 11.4. The Morgan fingerprint density at radius 3 is 2.22 bits per heavy atom. The number of likely N-dealkylation sites (N-methyl/N-ethyl adjacent to an activating group) is 1. The number of nitrogens with one attached hydrogen (secondary N) is 1. The molecule has 3 N–H and O–H groups in total. The molecule has 0 unspecified atom stereocenters. The first kappa shape index (κ1) is 15.7. The Hall–Kier alpha value is -2.32. The summed E-state index contributed by atoms with van der Waals surface area (Å²) in [5.41, 5.74) is 0. The van der Waals surface area contributed by atoms with Gasteiger partial charge in [-0.3, -0.25) is 9.59 Å². The van der Waals surface area contributed by atoms with Gasteiger partial charge in [-0.15, -0.1) is 0 Å². The molecular weight excluding hydrogens is 248 g/mol. The zero-order chi connectivity index (χ0) is 14.3. The smallest absolute Gasteiger partial charge is 0.326 e. The number of methoxy groups -OCH3 is 1. The highest BCUT2D eigenvalue weighted by atomic mass is 16.5. The molecule has 0 aromatic carbocycles. The highest BCUT2D eigenvalue weighted by Gasteiger charge is 2.25. The number of ether oxygens (including phenoxy) is 1. The molecule has 0 saturated heterocycles. The number of carboxylic acid groups (broad SMARTS) is 2. The average molecular weight is 262 g/mol. The number of carboxylic acids is 2. The van der Waals surface area contributed by atoms with Gasteiger partial charge in [0, 0.05) is 7.05 Å². The fourth-order valence-corrected chi connectivity index (χ4v) is 0.964. The van der Waals surface area contributed by atoms with Crippen LogP contribution in [0.2, 0.25) is 0 Å². The maximum atomic E-state index is 11.4. The predicted octanol–water partition coefficient (Wildman–Crippen LogP) is -1.27. The summed E-state index contributed by atoms with van der Waals surface area (Å²) in [5.74, 6) is -3.52. The van der Waals surface area contributed by atoms with Crippen LogP contribution in [0.3, 0.4) is 0 Å². The number of hydrogen-bond donors (Lipinski definition) is 3. The van der Waals surface area contributed by atoms with Gasteiger partial charge in [0.1, 0.15) is 12.6 Å². The lowest BCUT2D eigenvalue weighted by Gasteiger charge is -2.19. The monoisotopic (exact) mass is 262 g/mol. The second kappa shape index (κ2) is 7.09. The summed E-state index contributed by atoms with van der Waals surface area (Å²) in [6.45, 7) is -0.373. The lowest BCUT2D eigenvalue weighted by atomic mass is 10.2. The molecule has 0 aromatic heterocycles. The third kappa shape index (κ3) is 5.68. The topological polar surface area (TPSA) is 133 Å². The number of aliphatic carboxylic acids is 2. The van der Waals surface area contributed by atoms with E-state index in [9.17, 15) is 19.2 Å². The van der Waals surface area contributed by atoms with Crippen LogP contribution in [0.4, 0.5) is 4.79 Å². The Labute approximate surface area is 102 Å². The highest BCUT2D eigenvalue weighted by molar-refractivity contribution is 5.87. The van der Waals surface area contributed by atoms with Crippen LogP contribution in [0.5, 0.6) is 0 Å². The van der Waals surface area contributed by atoms with Crippen molar-refractivity contribution < 1.29 is 34.1 Å². The molecule has 9 heteroatoms. The Kier molecular flexibility index (Phi) is 6.18. The molecule has 1 atom stereocenters. The van der Waals surface area contributed by atoms with Gasteiger partial charge >= 0.3 is 23.9 Å². The summed E-state index contributed by atoms with van der Waals surface area (Å²) >= 11 is 0. The molecule has 0 heterocycles. The van der Waals surface area contributed by atoms with E-state index in [1.54, 1.807) is 0 Å². The van der Waals surface area contributed by atoms with Crippen LogP contribution < -0.4 is 5.32 Å². The van der Waals surface area contributed by atoms with Crippen LogP contribution >= 0.6 is 0 Å². The minimum Gasteiger partial charge on any atom is -0.481 e. The Balaban J connectivity index is 4.45. The molecule has 0 spiro atoms. The molecular formula is C9H14N2O7. The fourth-order valence-electron chi connectivity index (χ4n) is 0.964. The van der Waals surface area contributed by atoms with Crippen molar-refractivity contribution in [3.8, 4) is 0 Å². The Bertz CT molecular complexity index is 355. The van der Waals surface area contributed by atoms with Gasteiger partial charge < -0.3 is 25.2 Å². The van der Waals surface area contributed by atoms with Gasteiger partial charge in [-0.25, -0.2) is 9.59 Å². The number of carbonyl (C=O) groups is 4. The van der Waals surface area contributed by atoms with E-state index in [2.05, 4.69) is 4.74 Å². The number of amides is 2. The van der Waals surface area contributed by atoms with E-state index in [1.165, 1.54) is 7.05 Å². The van der Waals surface area contributed by atoms with Crippen LogP contribution in [-0.2, 0) is 19.1 Å². The molecule has 0 aliphatic heterocycles. The number of rotatable bonds is 6. The number of carbonyl (C=O) groups excluding carboxylic acids is 2. The van der Waals surface area contributed by atoms with Crippen LogP contribution in [0.15, 0.2) is 0 Å². The number of esters is 1. The average Bonchev–Trinajstić information content (AvgIpc) is 2.26. The minimum absolute atomic E-state index is 0.373. The molecule has 2 amide bonds. The third-order valence-corrected chi connectivity index (χ3v) is 1.92. The standard InChI is InChI=1S/C9H14N2O7/c1-11(4-7(14)18-2)9(17)10-5(8(15)16)3-6(12)13/h5H,3-4H2,1-2H3,(H,10,17)(H,12,13)(H,15,16)/t5-/m1/s1. The molecule has 0 aliphatic carbocycles. The van der Waals surface area contributed by atoms with E-state index in [-0.39, 0.29) is 6.54 Å². The van der Waals surface area contributed by atoms with Crippen LogP contribution in [0, 0.1) is 0 Å². The van der Waals surface area contributed by atoms with Gasteiger partial charge in [0.05, 0.1) is 13.5 Å². The quantitative estimate of drug-likeness (QED) is 0.508. The second-order valence-corrected chi connectivity index (χ2v) is 3.37. The summed E-state index contributed by atoms with van der Waals surface area (Å²) in [5, 5.41) is 19.1.